The number of amides is 1. The van der Waals surface area contributed by atoms with Crippen molar-refractivity contribution in [2.75, 3.05) is 6.61 Å². The number of carbonyl (C=O) groups excluding carboxylic acids is 1. The zero-order valence-corrected chi connectivity index (χ0v) is 21.5. The van der Waals surface area contributed by atoms with Crippen LogP contribution in [-0.4, -0.2) is 60.3 Å². The Balaban J connectivity index is 1.62. The van der Waals surface area contributed by atoms with Gasteiger partial charge >= 0.3 is 5.97 Å². The minimum atomic E-state index is -1.16. The van der Waals surface area contributed by atoms with Crippen molar-refractivity contribution >= 4 is 11.9 Å². The van der Waals surface area contributed by atoms with E-state index in [1.165, 1.54) is 19.4 Å². The first kappa shape index (κ1) is 27.1. The van der Waals surface area contributed by atoms with Gasteiger partial charge in [-0.15, -0.1) is 0 Å². The molecule has 2 aliphatic rings. The molecule has 1 amide bonds. The average Bonchev–Trinajstić information content (AvgIpc) is 2.90. The number of benzene rings is 2. The lowest BCUT2D eigenvalue weighted by Crippen LogP contribution is -2.68. The molecule has 0 radical (unpaired) electrons. The molecule has 0 aromatic heterocycles. The summed E-state index contributed by atoms with van der Waals surface area (Å²) in [6.45, 7) is 7.28. The molecule has 2 saturated heterocycles. The van der Waals surface area contributed by atoms with Crippen molar-refractivity contribution in [2.24, 2.45) is 0 Å². The van der Waals surface area contributed by atoms with Crippen molar-refractivity contribution in [1.82, 2.24) is 5.32 Å². The first-order chi connectivity index (χ1) is 17.8. The van der Waals surface area contributed by atoms with E-state index in [9.17, 15) is 14.7 Å². The summed E-state index contributed by atoms with van der Waals surface area (Å²) in [5.41, 5.74) is 2.00. The molecule has 4 rings (SSSR count). The zero-order chi connectivity index (χ0) is 26.5. The predicted octanol–water partition coefficient (Wildman–Crippen LogP) is 3.78. The van der Waals surface area contributed by atoms with Gasteiger partial charge in [-0.2, -0.15) is 0 Å². The van der Waals surface area contributed by atoms with E-state index >= 15 is 0 Å². The molecular formula is C28H35NO8. The molecule has 2 aromatic rings. The lowest BCUT2D eigenvalue weighted by atomic mass is 9.95. The summed E-state index contributed by atoms with van der Waals surface area (Å²) in [6.07, 6.45) is -4.01. The number of hydrogen-bond donors (Lipinski definition) is 2. The SMILES string of the molecule is CCC(C)c1ccc(OC2OC3COC(c4ccccc4)OC3C(OC(C)C(=O)O)C2NC(C)=O)cc1. The van der Waals surface area contributed by atoms with Gasteiger partial charge < -0.3 is 34.1 Å². The third-order valence-corrected chi connectivity index (χ3v) is 6.80. The number of ether oxygens (including phenoxy) is 5. The summed E-state index contributed by atoms with van der Waals surface area (Å²) in [4.78, 5) is 23.9. The standard InChI is InChI=1S/C28H35NO8/c1-5-16(2)19-11-13-21(14-12-19)35-28-23(29-18(4)30)25(34-17(3)26(31)32)24-22(36-28)15-33-27(37-24)20-9-7-6-8-10-20/h6-14,16-17,22-25,27-28H,5,15H2,1-4H3,(H,29,30)(H,31,32). The molecule has 200 valence electrons. The highest BCUT2D eigenvalue weighted by Crippen LogP contribution is 2.36. The second kappa shape index (κ2) is 12.0. The Bertz CT molecular complexity index is 1050. The molecule has 37 heavy (non-hydrogen) atoms. The van der Waals surface area contributed by atoms with Crippen molar-refractivity contribution in [1.29, 1.82) is 0 Å². The highest BCUT2D eigenvalue weighted by Gasteiger charge is 2.52. The second-order valence-corrected chi connectivity index (χ2v) is 9.52. The Morgan fingerprint density at radius 2 is 1.78 bits per heavy atom. The van der Waals surface area contributed by atoms with Crippen LogP contribution in [0, 0.1) is 0 Å². The number of hydrogen-bond acceptors (Lipinski definition) is 7. The molecule has 2 fully saturated rings. The molecule has 0 spiro atoms. The van der Waals surface area contributed by atoms with E-state index in [-0.39, 0.29) is 12.5 Å². The van der Waals surface area contributed by atoms with Crippen LogP contribution in [-0.2, 0) is 28.5 Å². The van der Waals surface area contributed by atoms with Crippen LogP contribution in [0.25, 0.3) is 0 Å². The number of rotatable bonds is 9. The summed E-state index contributed by atoms with van der Waals surface area (Å²) in [6, 6.07) is 16.3. The third kappa shape index (κ3) is 6.48. The number of aliphatic carboxylic acids is 1. The van der Waals surface area contributed by atoms with E-state index in [1.54, 1.807) is 0 Å². The van der Waals surface area contributed by atoms with Crippen molar-refractivity contribution in [2.45, 2.75) is 83.1 Å². The summed E-state index contributed by atoms with van der Waals surface area (Å²) in [5, 5.41) is 12.4. The van der Waals surface area contributed by atoms with E-state index in [1.807, 2.05) is 54.6 Å². The minimum Gasteiger partial charge on any atom is -0.479 e. The number of nitrogens with one attached hydrogen (secondary N) is 1. The Morgan fingerprint density at radius 3 is 2.41 bits per heavy atom. The fourth-order valence-corrected chi connectivity index (χ4v) is 4.54. The van der Waals surface area contributed by atoms with Gasteiger partial charge in [0.1, 0.15) is 30.1 Å². The van der Waals surface area contributed by atoms with Crippen LogP contribution in [0.1, 0.15) is 57.5 Å². The molecule has 8 atom stereocenters. The topological polar surface area (TPSA) is 113 Å². The van der Waals surface area contributed by atoms with E-state index < -0.39 is 49.0 Å². The maximum absolute atomic E-state index is 12.2. The van der Waals surface area contributed by atoms with E-state index in [2.05, 4.69) is 19.2 Å². The van der Waals surface area contributed by atoms with Crippen LogP contribution < -0.4 is 10.1 Å². The van der Waals surface area contributed by atoms with Gasteiger partial charge in [-0.3, -0.25) is 4.79 Å². The fraction of sp³-hybridized carbons (Fsp3) is 0.500. The molecule has 2 heterocycles. The zero-order valence-electron chi connectivity index (χ0n) is 21.5. The van der Waals surface area contributed by atoms with Crippen LogP contribution in [0.4, 0.5) is 0 Å². The quantitative estimate of drug-likeness (QED) is 0.521. The van der Waals surface area contributed by atoms with Gasteiger partial charge in [-0.1, -0.05) is 56.3 Å². The lowest BCUT2D eigenvalue weighted by Gasteiger charge is -2.49. The van der Waals surface area contributed by atoms with Crippen LogP contribution in [0.5, 0.6) is 5.75 Å². The van der Waals surface area contributed by atoms with Gasteiger partial charge in [0.25, 0.3) is 0 Å². The molecule has 0 aliphatic carbocycles. The smallest absolute Gasteiger partial charge is 0.332 e. The minimum absolute atomic E-state index is 0.172. The molecule has 9 heteroatoms. The number of carboxylic acids is 1. The fourth-order valence-electron chi connectivity index (χ4n) is 4.54. The lowest BCUT2D eigenvalue weighted by molar-refractivity contribution is -0.340. The predicted molar refractivity (Wildman–Crippen MR) is 134 cm³/mol. The van der Waals surface area contributed by atoms with Crippen LogP contribution in [0.15, 0.2) is 54.6 Å². The van der Waals surface area contributed by atoms with E-state index in [4.69, 9.17) is 23.7 Å². The second-order valence-electron chi connectivity index (χ2n) is 9.52. The summed E-state index contributed by atoms with van der Waals surface area (Å²) < 4.78 is 30.6. The molecule has 2 aliphatic heterocycles. The van der Waals surface area contributed by atoms with Gasteiger partial charge in [-0.05, 0) is 37.0 Å². The van der Waals surface area contributed by atoms with Crippen LogP contribution >= 0.6 is 0 Å². The molecule has 0 bridgehead atoms. The number of fused-ring (bicyclic) bond motifs is 1. The first-order valence-corrected chi connectivity index (χ1v) is 12.7. The Labute approximate surface area is 217 Å². The first-order valence-electron chi connectivity index (χ1n) is 12.7. The largest absolute Gasteiger partial charge is 0.479 e. The highest BCUT2D eigenvalue weighted by molar-refractivity contribution is 5.73. The monoisotopic (exact) mass is 513 g/mol. The van der Waals surface area contributed by atoms with Gasteiger partial charge in [0.2, 0.25) is 12.2 Å². The van der Waals surface area contributed by atoms with Gasteiger partial charge in [-0.25, -0.2) is 4.79 Å². The molecule has 8 unspecified atom stereocenters. The number of carboxylic acid groups (broad SMARTS) is 1. The summed E-state index contributed by atoms with van der Waals surface area (Å²) >= 11 is 0. The molecule has 9 nitrogen and oxygen atoms in total. The van der Waals surface area contributed by atoms with Gasteiger partial charge in [0.15, 0.2) is 12.4 Å². The Kier molecular flexibility index (Phi) is 8.81. The maximum Gasteiger partial charge on any atom is 0.332 e. The van der Waals surface area contributed by atoms with Crippen LogP contribution in [0.3, 0.4) is 0 Å². The summed E-state index contributed by atoms with van der Waals surface area (Å²) in [7, 11) is 0. The van der Waals surface area contributed by atoms with Crippen molar-refractivity contribution in [3.8, 4) is 5.75 Å². The molecule has 2 N–H and O–H groups in total. The Morgan fingerprint density at radius 1 is 1.08 bits per heavy atom. The number of carbonyl (C=O) groups is 2. The molecule has 0 saturated carbocycles. The Hall–Kier alpha value is -2.98. The molecule has 2 aromatic carbocycles. The maximum atomic E-state index is 12.2. The van der Waals surface area contributed by atoms with Gasteiger partial charge in [0, 0.05) is 12.5 Å². The average molecular weight is 514 g/mol. The third-order valence-electron chi connectivity index (χ3n) is 6.80. The normalized spacial score (nSPS) is 29.0. The van der Waals surface area contributed by atoms with Crippen molar-refractivity contribution < 1.29 is 38.4 Å². The highest BCUT2D eigenvalue weighted by atomic mass is 16.8. The van der Waals surface area contributed by atoms with E-state index in [0.717, 1.165) is 12.0 Å². The van der Waals surface area contributed by atoms with Crippen molar-refractivity contribution in [3.63, 3.8) is 0 Å². The summed E-state index contributed by atoms with van der Waals surface area (Å²) in [5.74, 6) is -0.502. The molecular weight excluding hydrogens is 478 g/mol. The van der Waals surface area contributed by atoms with Crippen LogP contribution in [0.2, 0.25) is 0 Å². The van der Waals surface area contributed by atoms with Gasteiger partial charge in [0.05, 0.1) is 6.61 Å². The van der Waals surface area contributed by atoms with Crippen molar-refractivity contribution in [3.05, 3.63) is 65.7 Å². The van der Waals surface area contributed by atoms with E-state index in [0.29, 0.717) is 11.7 Å².